The molecule has 1 unspecified atom stereocenters. The highest BCUT2D eigenvalue weighted by atomic mass is 19.4. The second kappa shape index (κ2) is 7.57. The van der Waals surface area contributed by atoms with Crippen molar-refractivity contribution in [3.8, 4) is 11.3 Å². The molecule has 3 heterocycles. The van der Waals surface area contributed by atoms with Gasteiger partial charge in [-0.15, -0.1) is 0 Å². The van der Waals surface area contributed by atoms with Crippen molar-refractivity contribution >= 4 is 11.6 Å². The first kappa shape index (κ1) is 20.6. The number of aromatic nitrogens is 3. The van der Waals surface area contributed by atoms with E-state index in [4.69, 9.17) is 0 Å². The number of hydrogen-bond acceptors (Lipinski definition) is 4. The molecule has 1 atom stereocenters. The number of dihydropyridines is 1. The number of imidazole rings is 1. The first-order valence-electron chi connectivity index (χ1n) is 9.63. The number of halogens is 3. The van der Waals surface area contributed by atoms with E-state index in [1.807, 2.05) is 19.9 Å². The second-order valence-corrected chi connectivity index (χ2v) is 7.49. The van der Waals surface area contributed by atoms with E-state index in [1.165, 1.54) is 35.0 Å². The molecule has 1 aromatic carbocycles. The highest BCUT2D eigenvalue weighted by Gasteiger charge is 2.34. The standard InChI is InChI=1S/C22H20F3N5O/c1-12-8-14(3)27-19(9-12)28-21(31)18-11-26-20-13(2)10-17(29-30(18)20)15-6-4-5-7-16(15)22(23,24)25/h4-11,14,27H,1-3H3,(H,28,31). The Kier molecular flexibility index (Phi) is 5.04. The molecule has 0 radical (unpaired) electrons. The predicted octanol–water partition coefficient (Wildman–Crippen LogP) is 4.23. The molecule has 6 nitrogen and oxygen atoms in total. The van der Waals surface area contributed by atoms with Crippen LogP contribution in [0.3, 0.4) is 0 Å². The minimum atomic E-state index is -4.53. The normalized spacial score (nSPS) is 16.5. The fraction of sp³-hybridized carbons (Fsp3) is 0.227. The monoisotopic (exact) mass is 427 g/mol. The molecule has 4 rings (SSSR count). The molecule has 160 valence electrons. The summed E-state index contributed by atoms with van der Waals surface area (Å²) in [7, 11) is 0. The Morgan fingerprint density at radius 3 is 2.68 bits per heavy atom. The van der Waals surface area contributed by atoms with E-state index in [9.17, 15) is 18.0 Å². The zero-order chi connectivity index (χ0) is 22.3. The van der Waals surface area contributed by atoms with Crippen LogP contribution in [-0.4, -0.2) is 26.5 Å². The maximum absolute atomic E-state index is 13.5. The average Bonchev–Trinajstić information content (AvgIpc) is 3.11. The van der Waals surface area contributed by atoms with E-state index < -0.39 is 17.6 Å². The number of alkyl halides is 3. The highest BCUT2D eigenvalue weighted by Crippen LogP contribution is 2.36. The summed E-state index contributed by atoms with van der Waals surface area (Å²) in [6, 6.07) is 6.81. The molecular weight excluding hydrogens is 407 g/mol. The highest BCUT2D eigenvalue weighted by molar-refractivity contribution is 5.94. The maximum atomic E-state index is 13.5. The summed E-state index contributed by atoms with van der Waals surface area (Å²) in [5.74, 6) is 0.0593. The number of allylic oxidation sites excluding steroid dienone is 2. The molecule has 0 saturated heterocycles. The lowest BCUT2D eigenvalue weighted by Gasteiger charge is -2.20. The van der Waals surface area contributed by atoms with E-state index in [0.29, 0.717) is 17.0 Å². The average molecular weight is 427 g/mol. The summed E-state index contributed by atoms with van der Waals surface area (Å²) in [4.78, 5) is 17.1. The van der Waals surface area contributed by atoms with Gasteiger partial charge in [0.2, 0.25) is 0 Å². The number of hydrogen-bond donors (Lipinski definition) is 2. The molecule has 1 aliphatic heterocycles. The van der Waals surface area contributed by atoms with Crippen molar-refractivity contribution in [1.29, 1.82) is 0 Å². The molecule has 1 amide bonds. The van der Waals surface area contributed by atoms with Crippen molar-refractivity contribution in [3.05, 3.63) is 76.9 Å². The summed E-state index contributed by atoms with van der Waals surface area (Å²) in [6.07, 6.45) is 0.640. The number of nitrogens with zero attached hydrogens (tertiary/aromatic N) is 3. The Morgan fingerprint density at radius 1 is 1.23 bits per heavy atom. The van der Waals surface area contributed by atoms with Gasteiger partial charge in [-0.25, -0.2) is 9.50 Å². The van der Waals surface area contributed by atoms with Crippen molar-refractivity contribution in [2.45, 2.75) is 33.0 Å². The summed E-state index contributed by atoms with van der Waals surface area (Å²) >= 11 is 0. The van der Waals surface area contributed by atoms with Gasteiger partial charge in [0.05, 0.1) is 17.5 Å². The van der Waals surface area contributed by atoms with E-state index in [0.717, 1.165) is 11.6 Å². The van der Waals surface area contributed by atoms with Crippen molar-refractivity contribution < 1.29 is 18.0 Å². The Balaban J connectivity index is 1.76. The third-order valence-electron chi connectivity index (χ3n) is 4.91. The van der Waals surface area contributed by atoms with E-state index in [2.05, 4.69) is 20.7 Å². The van der Waals surface area contributed by atoms with Crippen molar-refractivity contribution in [3.63, 3.8) is 0 Å². The number of amides is 1. The minimum absolute atomic E-state index is 0.0494. The molecule has 2 aromatic heterocycles. The Labute approximate surface area is 176 Å². The third kappa shape index (κ3) is 4.03. The fourth-order valence-electron chi connectivity index (χ4n) is 3.62. The van der Waals surface area contributed by atoms with E-state index in [1.54, 1.807) is 13.0 Å². The van der Waals surface area contributed by atoms with Gasteiger partial charge in [0.15, 0.2) is 11.3 Å². The van der Waals surface area contributed by atoms with Crippen LogP contribution in [0.1, 0.15) is 35.5 Å². The molecule has 2 N–H and O–H groups in total. The molecule has 1 aliphatic rings. The van der Waals surface area contributed by atoms with Crippen molar-refractivity contribution in [2.75, 3.05) is 0 Å². The summed E-state index contributed by atoms with van der Waals surface area (Å²) in [6.45, 7) is 5.59. The first-order chi connectivity index (χ1) is 14.6. The molecule has 0 spiro atoms. The van der Waals surface area contributed by atoms with Gasteiger partial charge in [-0.1, -0.05) is 24.3 Å². The maximum Gasteiger partial charge on any atom is 0.417 e. The number of benzene rings is 1. The Morgan fingerprint density at radius 2 is 1.97 bits per heavy atom. The van der Waals surface area contributed by atoms with E-state index in [-0.39, 0.29) is 23.0 Å². The molecule has 0 fully saturated rings. The van der Waals surface area contributed by atoms with Gasteiger partial charge in [0.25, 0.3) is 5.91 Å². The largest absolute Gasteiger partial charge is 0.417 e. The quantitative estimate of drug-likeness (QED) is 0.656. The van der Waals surface area contributed by atoms with Gasteiger partial charge in [-0.3, -0.25) is 4.79 Å². The molecule has 9 heteroatoms. The van der Waals surface area contributed by atoms with Gasteiger partial charge >= 0.3 is 6.18 Å². The lowest BCUT2D eigenvalue weighted by molar-refractivity contribution is -0.137. The molecule has 0 saturated carbocycles. The van der Waals surface area contributed by atoms with Gasteiger partial charge in [0, 0.05) is 11.6 Å². The Hall–Kier alpha value is -3.62. The number of carbonyl (C=O) groups is 1. The number of carbonyl (C=O) groups excluding carboxylic acids is 1. The SMILES string of the molecule is CC1=CC(C)NC(NC(=O)c2cnc3c(C)cc(-c4ccccc4C(F)(F)F)nn23)=C1. The van der Waals surface area contributed by atoms with E-state index >= 15 is 0 Å². The van der Waals surface area contributed by atoms with Gasteiger partial charge < -0.3 is 10.6 Å². The van der Waals surface area contributed by atoms with Crippen LogP contribution in [0.25, 0.3) is 16.9 Å². The van der Waals surface area contributed by atoms with Crippen LogP contribution in [0, 0.1) is 6.92 Å². The topological polar surface area (TPSA) is 71.3 Å². The first-order valence-corrected chi connectivity index (χ1v) is 9.63. The lowest BCUT2D eigenvalue weighted by atomic mass is 10.0. The van der Waals surface area contributed by atoms with Crippen LogP contribution in [0.15, 0.2) is 60.1 Å². The lowest BCUT2D eigenvalue weighted by Crippen LogP contribution is -2.37. The van der Waals surface area contributed by atoms with Crippen LogP contribution in [0.5, 0.6) is 0 Å². The molecule has 0 bridgehead atoms. The minimum Gasteiger partial charge on any atom is -0.366 e. The van der Waals surface area contributed by atoms with Gasteiger partial charge in [-0.2, -0.15) is 18.3 Å². The molecule has 0 aliphatic carbocycles. The van der Waals surface area contributed by atoms with Crippen LogP contribution in [-0.2, 0) is 6.18 Å². The number of nitrogens with one attached hydrogen (secondary N) is 2. The Bertz CT molecular complexity index is 1240. The fourth-order valence-corrected chi connectivity index (χ4v) is 3.62. The number of aryl methyl sites for hydroxylation is 1. The zero-order valence-corrected chi connectivity index (χ0v) is 17.1. The third-order valence-corrected chi connectivity index (χ3v) is 4.91. The number of rotatable bonds is 3. The molecular formula is C22H20F3N5O. The van der Waals surface area contributed by atoms with Gasteiger partial charge in [0.1, 0.15) is 5.82 Å². The van der Waals surface area contributed by atoms with Crippen LogP contribution in [0.4, 0.5) is 13.2 Å². The predicted molar refractivity (Wildman–Crippen MR) is 110 cm³/mol. The summed E-state index contributed by atoms with van der Waals surface area (Å²) in [5, 5.41) is 10.2. The summed E-state index contributed by atoms with van der Waals surface area (Å²) < 4.78 is 41.8. The van der Waals surface area contributed by atoms with Crippen LogP contribution in [0.2, 0.25) is 0 Å². The smallest absolute Gasteiger partial charge is 0.366 e. The van der Waals surface area contributed by atoms with Crippen molar-refractivity contribution in [2.24, 2.45) is 0 Å². The van der Waals surface area contributed by atoms with Gasteiger partial charge in [-0.05, 0) is 50.1 Å². The molecule has 3 aromatic rings. The zero-order valence-electron chi connectivity index (χ0n) is 17.1. The summed E-state index contributed by atoms with van der Waals surface area (Å²) in [5.41, 5.74) is 1.36. The van der Waals surface area contributed by atoms with Crippen LogP contribution < -0.4 is 10.6 Å². The second-order valence-electron chi connectivity index (χ2n) is 7.49. The molecule has 31 heavy (non-hydrogen) atoms. The van der Waals surface area contributed by atoms with Crippen LogP contribution >= 0.6 is 0 Å². The number of fused-ring (bicyclic) bond motifs is 1. The van der Waals surface area contributed by atoms with Crippen molar-refractivity contribution in [1.82, 2.24) is 25.2 Å².